The second-order valence-corrected chi connectivity index (χ2v) is 9.21. The average molecular weight is 413 g/mol. The molecule has 1 fully saturated rings. The maximum atomic E-state index is 12.9. The second kappa shape index (κ2) is 10.3. The predicted molar refractivity (Wildman–Crippen MR) is 123 cm³/mol. The van der Waals surface area contributed by atoms with Crippen molar-refractivity contribution in [2.24, 2.45) is 11.3 Å². The number of amides is 1. The van der Waals surface area contributed by atoms with Crippen LogP contribution in [-0.4, -0.2) is 36.0 Å². The Hall–Kier alpha value is -2.10. The fourth-order valence-electron chi connectivity index (χ4n) is 3.78. The summed E-state index contributed by atoms with van der Waals surface area (Å²) in [6.07, 6.45) is 13.0. The van der Waals surface area contributed by atoms with Crippen LogP contribution >= 0.6 is 0 Å². The predicted octanol–water partition coefficient (Wildman–Crippen LogP) is 5.58. The molecule has 0 saturated carbocycles. The minimum atomic E-state index is -0.306. The van der Waals surface area contributed by atoms with E-state index in [0.717, 1.165) is 42.9 Å². The number of hydrogen-bond acceptors (Lipinski definition) is 3. The minimum absolute atomic E-state index is 0.00974. The Kier molecular flexibility index (Phi) is 8.28. The van der Waals surface area contributed by atoms with E-state index in [1.165, 1.54) is 0 Å². The Morgan fingerprint density at radius 1 is 1.27 bits per heavy atom. The van der Waals surface area contributed by atoms with Crippen LogP contribution in [0.4, 0.5) is 0 Å². The molecule has 4 heteroatoms. The molecule has 1 unspecified atom stereocenters. The zero-order valence-corrected chi connectivity index (χ0v) is 19.7. The van der Waals surface area contributed by atoms with Crippen LogP contribution in [0.2, 0.25) is 0 Å². The number of carbonyl (C=O) groups is 2. The first-order valence-electron chi connectivity index (χ1n) is 11.3. The molecule has 1 heterocycles. The number of esters is 1. The van der Waals surface area contributed by atoms with Crippen molar-refractivity contribution in [3.05, 3.63) is 53.0 Å². The standard InChI is InChI=1S/C24H32NO3.C2H6/c1-16-8-10-18(11-9-16)15-28-23(27)17(2)13-19-7-6-12-25(19)22(26)20-14-21(20)24(3,4)5;1-2/h8,10-11,13-14,16,19H,6-7,9,12,15H2,1-5H3;1-2H3/b17-13+;/t16?,19-;/m0./s1. The number of allylic oxidation sites excluding steroid dienone is 3. The Labute approximate surface area is 182 Å². The zero-order valence-electron chi connectivity index (χ0n) is 19.7. The molecular formula is C26H38NO3. The van der Waals surface area contributed by atoms with Crippen molar-refractivity contribution in [1.29, 1.82) is 0 Å². The molecule has 3 rings (SSSR count). The van der Waals surface area contributed by atoms with E-state index in [1.54, 1.807) is 6.92 Å². The van der Waals surface area contributed by atoms with E-state index in [2.05, 4.69) is 39.8 Å². The zero-order chi connectivity index (χ0) is 22.5. The van der Waals surface area contributed by atoms with E-state index in [4.69, 9.17) is 4.74 Å². The van der Waals surface area contributed by atoms with Crippen molar-refractivity contribution in [1.82, 2.24) is 4.90 Å². The van der Waals surface area contributed by atoms with E-state index in [9.17, 15) is 9.59 Å². The molecule has 2 atom stereocenters. The van der Waals surface area contributed by atoms with Gasteiger partial charge in [0.25, 0.3) is 5.91 Å². The van der Waals surface area contributed by atoms with Gasteiger partial charge < -0.3 is 9.64 Å². The van der Waals surface area contributed by atoms with E-state index < -0.39 is 0 Å². The molecule has 0 bridgehead atoms. The molecule has 0 N–H and O–H groups in total. The topological polar surface area (TPSA) is 46.6 Å². The number of hydrogen-bond donors (Lipinski definition) is 0. The molecule has 0 aromatic rings. The van der Waals surface area contributed by atoms with Gasteiger partial charge >= 0.3 is 5.97 Å². The fourth-order valence-corrected chi connectivity index (χ4v) is 3.78. The number of rotatable bonds is 5. The first-order chi connectivity index (χ1) is 14.2. The molecule has 1 amide bonds. The normalized spacial score (nSPS) is 24.0. The highest BCUT2D eigenvalue weighted by molar-refractivity contribution is 6.04. The molecule has 30 heavy (non-hydrogen) atoms. The van der Waals surface area contributed by atoms with E-state index in [0.29, 0.717) is 18.1 Å². The third-order valence-corrected chi connectivity index (χ3v) is 5.62. The second-order valence-electron chi connectivity index (χ2n) is 9.21. The molecule has 1 saturated heterocycles. The van der Waals surface area contributed by atoms with Gasteiger partial charge in [-0.3, -0.25) is 4.79 Å². The van der Waals surface area contributed by atoms with E-state index >= 15 is 0 Å². The maximum absolute atomic E-state index is 12.9. The maximum Gasteiger partial charge on any atom is 0.333 e. The number of ether oxygens (including phenoxy) is 1. The summed E-state index contributed by atoms with van der Waals surface area (Å²) in [5.41, 5.74) is 2.47. The van der Waals surface area contributed by atoms with Gasteiger partial charge in [0.05, 0.1) is 6.04 Å². The van der Waals surface area contributed by atoms with Crippen LogP contribution in [0.15, 0.2) is 47.1 Å². The summed E-state index contributed by atoms with van der Waals surface area (Å²) in [5, 5.41) is 0. The Morgan fingerprint density at radius 3 is 2.53 bits per heavy atom. The van der Waals surface area contributed by atoms with Gasteiger partial charge in [-0.15, -0.1) is 0 Å². The molecule has 1 aliphatic heterocycles. The van der Waals surface area contributed by atoms with Crippen LogP contribution in [0.3, 0.4) is 0 Å². The SMILES string of the molecule is C/C(=C\[C@@H]1CCCN1C(=O)C1=C[C]1C(C)(C)C)C(=O)OCC1=CCC(C)C=C1.CC. The molecule has 3 aliphatic rings. The van der Waals surface area contributed by atoms with Gasteiger partial charge in [-0.05, 0) is 43.1 Å². The molecule has 4 nitrogen and oxygen atoms in total. The van der Waals surface area contributed by atoms with Gasteiger partial charge in [-0.2, -0.15) is 0 Å². The monoisotopic (exact) mass is 412 g/mol. The smallest absolute Gasteiger partial charge is 0.333 e. The molecule has 0 spiro atoms. The summed E-state index contributed by atoms with van der Waals surface area (Å²) in [6.45, 7) is 15.4. The van der Waals surface area contributed by atoms with Crippen molar-refractivity contribution in [2.75, 3.05) is 13.2 Å². The first-order valence-corrected chi connectivity index (χ1v) is 11.3. The summed E-state index contributed by atoms with van der Waals surface area (Å²) in [7, 11) is 0. The van der Waals surface area contributed by atoms with Gasteiger partial charge in [0.2, 0.25) is 0 Å². The van der Waals surface area contributed by atoms with Crippen LogP contribution in [0.1, 0.15) is 67.7 Å². The molecule has 1 radical (unpaired) electrons. The summed E-state index contributed by atoms with van der Waals surface area (Å²) in [4.78, 5) is 27.1. The van der Waals surface area contributed by atoms with Gasteiger partial charge in [0, 0.05) is 23.6 Å². The first kappa shape index (κ1) is 24.2. The summed E-state index contributed by atoms with van der Waals surface area (Å²) < 4.78 is 5.46. The largest absolute Gasteiger partial charge is 0.457 e. The van der Waals surface area contributed by atoms with Gasteiger partial charge in [-0.1, -0.05) is 71.9 Å². The third-order valence-electron chi connectivity index (χ3n) is 5.62. The fraction of sp³-hybridized carbons (Fsp3) is 0.577. The molecule has 165 valence electrons. The van der Waals surface area contributed by atoms with Gasteiger partial charge in [0.1, 0.15) is 6.61 Å². The highest BCUT2D eigenvalue weighted by atomic mass is 16.5. The number of carbonyl (C=O) groups excluding carboxylic acids is 2. The lowest BCUT2D eigenvalue weighted by atomic mass is 9.87. The third kappa shape index (κ3) is 6.20. The summed E-state index contributed by atoms with van der Waals surface area (Å²) in [5.74, 6) is 1.48. The van der Waals surface area contributed by atoms with E-state index in [-0.39, 0.29) is 23.3 Å². The van der Waals surface area contributed by atoms with Gasteiger partial charge in [0.15, 0.2) is 0 Å². The van der Waals surface area contributed by atoms with Crippen LogP contribution in [-0.2, 0) is 14.3 Å². The van der Waals surface area contributed by atoms with E-state index in [1.807, 2.05) is 37.0 Å². The van der Waals surface area contributed by atoms with Crippen molar-refractivity contribution >= 4 is 11.9 Å². The van der Waals surface area contributed by atoms with Crippen molar-refractivity contribution in [3.63, 3.8) is 0 Å². The highest BCUT2D eigenvalue weighted by Gasteiger charge is 2.43. The number of likely N-dealkylation sites (tertiary alicyclic amines) is 1. The van der Waals surface area contributed by atoms with Crippen LogP contribution in [0, 0.1) is 17.3 Å². The Balaban J connectivity index is 0.00000155. The quantitative estimate of drug-likeness (QED) is 0.438. The molecule has 0 aromatic carbocycles. The summed E-state index contributed by atoms with van der Waals surface area (Å²) >= 11 is 0. The lowest BCUT2D eigenvalue weighted by Crippen LogP contribution is -2.35. The Morgan fingerprint density at radius 2 is 1.97 bits per heavy atom. The lowest BCUT2D eigenvalue weighted by Gasteiger charge is -2.24. The Bertz CT molecular complexity index is 764. The van der Waals surface area contributed by atoms with Crippen LogP contribution in [0.25, 0.3) is 0 Å². The van der Waals surface area contributed by atoms with Crippen LogP contribution in [0.5, 0.6) is 0 Å². The minimum Gasteiger partial charge on any atom is -0.457 e. The van der Waals surface area contributed by atoms with Gasteiger partial charge in [-0.25, -0.2) is 4.79 Å². The van der Waals surface area contributed by atoms with Crippen molar-refractivity contribution < 1.29 is 14.3 Å². The lowest BCUT2D eigenvalue weighted by molar-refractivity contribution is -0.138. The molecule has 2 aliphatic carbocycles. The van der Waals surface area contributed by atoms with Crippen LogP contribution < -0.4 is 0 Å². The summed E-state index contributed by atoms with van der Waals surface area (Å²) in [6, 6.07) is -0.0302. The highest BCUT2D eigenvalue weighted by Crippen LogP contribution is 2.47. The van der Waals surface area contributed by atoms with Crippen molar-refractivity contribution in [3.8, 4) is 0 Å². The molecular weight excluding hydrogens is 374 g/mol. The molecule has 0 aromatic heterocycles. The average Bonchev–Trinajstić information content (AvgIpc) is 3.41. The van der Waals surface area contributed by atoms with Crippen molar-refractivity contribution in [2.45, 2.75) is 73.8 Å². The number of nitrogens with zero attached hydrogens (tertiary/aromatic N) is 1.